The number of likely N-dealkylation sites (N-methyl/N-ethyl adjacent to an activating group) is 1. The number of piperidine rings is 1. The lowest BCUT2D eigenvalue weighted by atomic mass is 9.75. The van der Waals surface area contributed by atoms with Gasteiger partial charge in [0.25, 0.3) is 0 Å². The number of unbranched alkanes of at least 4 members (excludes halogenated alkanes) is 1. The summed E-state index contributed by atoms with van der Waals surface area (Å²) in [5.41, 5.74) is 0.113. The van der Waals surface area contributed by atoms with E-state index in [4.69, 9.17) is 4.74 Å². The van der Waals surface area contributed by atoms with Crippen molar-refractivity contribution in [2.45, 2.75) is 82.3 Å². The Hall–Kier alpha value is -1.15. The van der Waals surface area contributed by atoms with Crippen LogP contribution in [0, 0.1) is 11.8 Å². The maximum Gasteiger partial charge on any atom is 0.317 e. The van der Waals surface area contributed by atoms with Crippen LogP contribution in [-0.4, -0.2) is 62.5 Å². The van der Waals surface area contributed by atoms with Crippen LogP contribution in [0.15, 0.2) is 16.8 Å². The third-order valence-electron chi connectivity index (χ3n) is 7.68. The standard InChI is InChI=1S/C26H45N3O3S/c1-27-18-24(17-21-9-4-3-5-10-21)28-25(30)29-14-8-11-22(19-29)26(31,13-6-7-15-32-2)23-12-16-33-20-23/h12,16,20-22,24,27,31H,3-11,13-15,17-19H2,1-2H3,(H,28,30)/t22-,24+,26+/m1/s1. The van der Waals surface area contributed by atoms with Crippen LogP contribution in [0.3, 0.4) is 0 Å². The molecule has 1 aromatic rings. The van der Waals surface area contributed by atoms with Gasteiger partial charge in [-0.05, 0) is 73.9 Å². The van der Waals surface area contributed by atoms with E-state index in [1.54, 1.807) is 18.4 Å². The van der Waals surface area contributed by atoms with Gasteiger partial charge in [0.05, 0.1) is 5.60 Å². The van der Waals surface area contributed by atoms with Crippen LogP contribution in [0.25, 0.3) is 0 Å². The molecule has 6 nitrogen and oxygen atoms in total. The lowest BCUT2D eigenvalue weighted by Crippen LogP contribution is -2.54. The summed E-state index contributed by atoms with van der Waals surface area (Å²) in [6.45, 7) is 2.89. The summed E-state index contributed by atoms with van der Waals surface area (Å²) in [6.07, 6.45) is 12.1. The summed E-state index contributed by atoms with van der Waals surface area (Å²) in [7, 11) is 3.68. The van der Waals surface area contributed by atoms with Gasteiger partial charge >= 0.3 is 6.03 Å². The molecular weight excluding hydrogens is 434 g/mol. The van der Waals surface area contributed by atoms with Crippen LogP contribution in [0.5, 0.6) is 0 Å². The predicted molar refractivity (Wildman–Crippen MR) is 136 cm³/mol. The molecule has 3 atom stereocenters. The number of nitrogens with zero attached hydrogens (tertiary/aromatic N) is 1. The highest BCUT2D eigenvalue weighted by Crippen LogP contribution is 2.40. The maximum atomic E-state index is 13.3. The second kappa shape index (κ2) is 13.7. The Morgan fingerprint density at radius 2 is 2.09 bits per heavy atom. The van der Waals surface area contributed by atoms with Crippen molar-refractivity contribution in [3.05, 3.63) is 22.4 Å². The minimum atomic E-state index is -0.890. The van der Waals surface area contributed by atoms with E-state index in [0.29, 0.717) is 19.6 Å². The van der Waals surface area contributed by atoms with Crippen molar-refractivity contribution < 1.29 is 14.6 Å². The van der Waals surface area contributed by atoms with Crippen LogP contribution in [0.4, 0.5) is 4.79 Å². The second-order valence-electron chi connectivity index (χ2n) is 10.1. The second-order valence-corrected chi connectivity index (χ2v) is 10.9. The number of ether oxygens (including phenoxy) is 1. The lowest BCUT2D eigenvalue weighted by Gasteiger charge is -2.43. The number of carbonyl (C=O) groups excluding carboxylic acids is 1. The molecule has 33 heavy (non-hydrogen) atoms. The van der Waals surface area contributed by atoms with E-state index in [0.717, 1.165) is 56.7 Å². The number of nitrogens with one attached hydrogen (secondary N) is 2. The molecule has 0 bridgehead atoms. The minimum Gasteiger partial charge on any atom is -0.385 e. The van der Waals surface area contributed by atoms with E-state index >= 15 is 0 Å². The molecule has 1 aliphatic heterocycles. The number of methoxy groups -OCH3 is 1. The molecule has 0 aromatic carbocycles. The molecule has 7 heteroatoms. The van der Waals surface area contributed by atoms with Gasteiger partial charge in [-0.25, -0.2) is 4.79 Å². The fourth-order valence-corrected chi connectivity index (χ4v) is 6.55. The van der Waals surface area contributed by atoms with Gasteiger partial charge in [0, 0.05) is 45.3 Å². The summed E-state index contributed by atoms with van der Waals surface area (Å²) in [5, 5.41) is 22.6. The molecule has 2 amide bonds. The Labute approximate surface area is 204 Å². The first-order chi connectivity index (χ1) is 16.1. The molecule has 3 N–H and O–H groups in total. The van der Waals surface area contributed by atoms with E-state index in [1.165, 1.54) is 32.1 Å². The zero-order valence-corrected chi connectivity index (χ0v) is 21.5. The topological polar surface area (TPSA) is 73.8 Å². The zero-order chi connectivity index (χ0) is 23.5. The first kappa shape index (κ1) is 26.5. The van der Waals surface area contributed by atoms with E-state index in [-0.39, 0.29) is 18.0 Å². The van der Waals surface area contributed by atoms with E-state index in [1.807, 2.05) is 23.4 Å². The van der Waals surface area contributed by atoms with Crippen molar-refractivity contribution in [3.63, 3.8) is 0 Å². The third kappa shape index (κ3) is 7.67. The smallest absolute Gasteiger partial charge is 0.317 e. The van der Waals surface area contributed by atoms with Crippen LogP contribution < -0.4 is 10.6 Å². The minimum absolute atomic E-state index is 0.0304. The predicted octanol–water partition coefficient (Wildman–Crippen LogP) is 4.73. The van der Waals surface area contributed by atoms with Crippen molar-refractivity contribution >= 4 is 17.4 Å². The molecule has 188 valence electrons. The highest BCUT2D eigenvalue weighted by Gasteiger charge is 2.41. The normalized spacial score (nSPS) is 22.6. The average Bonchev–Trinajstić information content (AvgIpc) is 3.38. The number of likely N-dealkylation sites (tertiary alicyclic amines) is 1. The van der Waals surface area contributed by atoms with Crippen molar-refractivity contribution in [2.75, 3.05) is 40.4 Å². The van der Waals surface area contributed by atoms with Crippen molar-refractivity contribution in [2.24, 2.45) is 11.8 Å². The molecule has 1 aromatic heterocycles. The number of carbonyl (C=O) groups is 1. The number of hydrogen-bond donors (Lipinski definition) is 3. The third-order valence-corrected chi connectivity index (χ3v) is 8.37. The molecule has 1 saturated heterocycles. The first-order valence-corrected chi connectivity index (χ1v) is 13.9. The molecule has 0 unspecified atom stereocenters. The van der Waals surface area contributed by atoms with Gasteiger partial charge < -0.3 is 25.4 Å². The summed E-state index contributed by atoms with van der Waals surface area (Å²) in [4.78, 5) is 15.2. The Kier molecular flexibility index (Phi) is 11.0. The zero-order valence-electron chi connectivity index (χ0n) is 20.7. The first-order valence-electron chi connectivity index (χ1n) is 13.0. The highest BCUT2D eigenvalue weighted by molar-refractivity contribution is 7.08. The summed E-state index contributed by atoms with van der Waals surface area (Å²) >= 11 is 1.63. The van der Waals surface area contributed by atoms with E-state index in [2.05, 4.69) is 16.0 Å². The fourth-order valence-electron chi connectivity index (χ4n) is 5.82. The van der Waals surface area contributed by atoms with Gasteiger partial charge in [-0.15, -0.1) is 0 Å². The molecule has 1 saturated carbocycles. The maximum absolute atomic E-state index is 13.3. The summed E-state index contributed by atoms with van der Waals surface area (Å²) in [6, 6.07) is 2.24. The van der Waals surface area contributed by atoms with Gasteiger partial charge in [0.15, 0.2) is 0 Å². The number of amides is 2. The Morgan fingerprint density at radius 3 is 2.79 bits per heavy atom. The van der Waals surface area contributed by atoms with Gasteiger partial charge in [-0.1, -0.05) is 32.1 Å². The molecular formula is C26H45N3O3S. The summed E-state index contributed by atoms with van der Waals surface area (Å²) < 4.78 is 5.21. The molecule has 0 spiro atoms. The largest absolute Gasteiger partial charge is 0.385 e. The van der Waals surface area contributed by atoms with Crippen molar-refractivity contribution in [1.29, 1.82) is 0 Å². The Balaban J connectivity index is 1.62. The van der Waals surface area contributed by atoms with Crippen molar-refractivity contribution in [1.82, 2.24) is 15.5 Å². The highest BCUT2D eigenvalue weighted by atomic mass is 32.1. The lowest BCUT2D eigenvalue weighted by molar-refractivity contribution is -0.0560. The molecule has 2 fully saturated rings. The Morgan fingerprint density at radius 1 is 1.27 bits per heavy atom. The molecule has 3 rings (SSSR count). The van der Waals surface area contributed by atoms with Gasteiger partial charge in [0.2, 0.25) is 0 Å². The molecule has 1 aliphatic carbocycles. The average molecular weight is 480 g/mol. The van der Waals surface area contributed by atoms with Crippen LogP contribution in [0.2, 0.25) is 0 Å². The summed E-state index contributed by atoms with van der Waals surface area (Å²) in [5.74, 6) is 0.775. The van der Waals surface area contributed by atoms with Gasteiger partial charge in [-0.3, -0.25) is 0 Å². The quantitative estimate of drug-likeness (QED) is 0.379. The Bertz CT molecular complexity index is 680. The van der Waals surface area contributed by atoms with Crippen LogP contribution in [-0.2, 0) is 10.3 Å². The number of aliphatic hydroxyl groups is 1. The monoisotopic (exact) mass is 479 g/mol. The number of thiophene rings is 1. The molecule has 2 heterocycles. The fraction of sp³-hybridized carbons (Fsp3) is 0.808. The van der Waals surface area contributed by atoms with Crippen LogP contribution >= 0.6 is 11.3 Å². The number of urea groups is 1. The van der Waals surface area contributed by atoms with Gasteiger partial charge in [-0.2, -0.15) is 11.3 Å². The van der Waals surface area contributed by atoms with Gasteiger partial charge in [0.1, 0.15) is 0 Å². The van der Waals surface area contributed by atoms with Crippen molar-refractivity contribution in [3.8, 4) is 0 Å². The van der Waals surface area contributed by atoms with E-state index < -0.39 is 5.60 Å². The number of hydrogen-bond acceptors (Lipinski definition) is 5. The molecule has 0 radical (unpaired) electrons. The molecule has 2 aliphatic rings. The SMILES string of the molecule is CNC[C@H](CC1CCCCC1)NC(=O)N1CCC[C@@H]([C@@](O)(CCCCOC)c2ccsc2)C1. The number of rotatable bonds is 12. The van der Waals surface area contributed by atoms with E-state index in [9.17, 15) is 9.90 Å². The van der Waals surface area contributed by atoms with Crippen LogP contribution in [0.1, 0.15) is 76.2 Å².